The van der Waals surface area contributed by atoms with E-state index in [0.29, 0.717) is 30.3 Å². The summed E-state index contributed by atoms with van der Waals surface area (Å²) < 4.78 is 11.2. The van der Waals surface area contributed by atoms with E-state index < -0.39 is 0 Å². The molecule has 1 aromatic carbocycles. The smallest absolute Gasteiger partial charge is 0.254 e. The number of benzene rings is 1. The lowest BCUT2D eigenvalue weighted by Gasteiger charge is -2.27. The van der Waals surface area contributed by atoms with Crippen LogP contribution in [0.25, 0.3) is 0 Å². The van der Waals surface area contributed by atoms with Crippen LogP contribution in [0.4, 0.5) is 0 Å². The van der Waals surface area contributed by atoms with Crippen molar-refractivity contribution in [2.24, 2.45) is 0 Å². The van der Waals surface area contributed by atoms with Crippen molar-refractivity contribution in [3.63, 3.8) is 0 Å². The Hall–Kier alpha value is -2.50. The predicted octanol–water partition coefficient (Wildman–Crippen LogP) is 2.94. The Balaban J connectivity index is 1.91. The lowest BCUT2D eigenvalue weighted by molar-refractivity contribution is 0.0740. The number of rotatable bonds is 3. The number of hydrogen-bond acceptors (Lipinski definition) is 4. The third kappa shape index (κ3) is 2.72. The van der Waals surface area contributed by atoms with Gasteiger partial charge in [0.25, 0.3) is 5.91 Å². The van der Waals surface area contributed by atoms with Crippen molar-refractivity contribution in [3.05, 3.63) is 40.2 Å². The number of ether oxygens (including phenoxy) is 2. The quantitative estimate of drug-likeness (QED) is 0.940. The molecule has 1 amide bonds. The Morgan fingerprint density at radius 3 is 2.42 bits per heavy atom. The van der Waals surface area contributed by atoms with Crippen LogP contribution >= 0.6 is 0 Å². The van der Waals surface area contributed by atoms with Gasteiger partial charge in [0.1, 0.15) is 13.2 Å². The number of nitrogens with zero attached hydrogens (tertiary/aromatic N) is 2. The highest BCUT2D eigenvalue weighted by Gasteiger charge is 2.26. The van der Waals surface area contributed by atoms with E-state index in [9.17, 15) is 4.79 Å². The second-order valence-electron chi connectivity index (χ2n) is 6.25. The van der Waals surface area contributed by atoms with Crippen molar-refractivity contribution in [1.29, 1.82) is 0 Å². The Bertz CT molecular complexity index is 763. The molecule has 0 radical (unpaired) electrons. The minimum Gasteiger partial charge on any atom is -0.486 e. The molecule has 128 valence electrons. The van der Waals surface area contributed by atoms with Crippen LogP contribution in [0.2, 0.25) is 0 Å². The average Bonchev–Trinajstić information content (AvgIpc) is 2.91. The number of amides is 1. The average molecular weight is 329 g/mol. The summed E-state index contributed by atoms with van der Waals surface area (Å²) in [5.41, 5.74) is 4.47. The number of aromatic amines is 1. The van der Waals surface area contributed by atoms with Crippen LogP contribution in [-0.4, -0.2) is 41.3 Å². The molecule has 0 unspecified atom stereocenters. The summed E-state index contributed by atoms with van der Waals surface area (Å²) in [5.74, 6) is 1.29. The normalized spacial score (nSPS) is 14.4. The van der Waals surface area contributed by atoms with Crippen LogP contribution in [0.1, 0.15) is 45.8 Å². The molecule has 0 saturated heterocycles. The van der Waals surface area contributed by atoms with Crippen molar-refractivity contribution >= 4 is 5.91 Å². The van der Waals surface area contributed by atoms with Gasteiger partial charge in [0.05, 0.1) is 11.7 Å². The number of H-pyrrole nitrogens is 1. The van der Waals surface area contributed by atoms with Crippen LogP contribution in [0.3, 0.4) is 0 Å². The molecule has 1 N–H and O–H groups in total. The molecule has 0 aliphatic carbocycles. The summed E-state index contributed by atoms with van der Waals surface area (Å²) in [6, 6.07) is 3.57. The van der Waals surface area contributed by atoms with Crippen LogP contribution in [0.15, 0.2) is 12.1 Å². The summed E-state index contributed by atoms with van der Waals surface area (Å²) in [6.07, 6.45) is 0. The van der Waals surface area contributed by atoms with Gasteiger partial charge in [-0.3, -0.25) is 9.89 Å². The molecule has 0 fully saturated rings. The standard InChI is InChI=1S/C18H23N3O3/c1-10-8-15-16(24-7-6-23-15)9-14(10)18(22)21(5)13(4)17-11(2)19-20-12(17)3/h8-9,13H,6-7H2,1-5H3,(H,19,20)/t13-/m0/s1. The highest BCUT2D eigenvalue weighted by molar-refractivity contribution is 5.96. The third-order valence-electron chi connectivity index (χ3n) is 4.62. The molecule has 2 aromatic rings. The molecule has 0 bridgehead atoms. The molecule has 1 atom stereocenters. The molecule has 1 aliphatic rings. The van der Waals surface area contributed by atoms with Crippen molar-refractivity contribution in [3.8, 4) is 11.5 Å². The molecule has 6 heteroatoms. The Kier molecular flexibility index (Phi) is 4.22. The Morgan fingerprint density at radius 1 is 1.21 bits per heavy atom. The van der Waals surface area contributed by atoms with Crippen molar-refractivity contribution in [2.75, 3.05) is 20.3 Å². The second-order valence-corrected chi connectivity index (χ2v) is 6.25. The first-order chi connectivity index (χ1) is 11.4. The van der Waals surface area contributed by atoms with E-state index in [1.807, 2.05) is 40.8 Å². The lowest BCUT2D eigenvalue weighted by atomic mass is 10.0. The lowest BCUT2D eigenvalue weighted by Crippen LogP contribution is -2.31. The number of carbonyl (C=O) groups excluding carboxylic acids is 1. The predicted molar refractivity (Wildman–Crippen MR) is 90.7 cm³/mol. The first kappa shape index (κ1) is 16.4. The van der Waals surface area contributed by atoms with Gasteiger partial charge in [-0.25, -0.2) is 0 Å². The number of fused-ring (bicyclic) bond motifs is 1. The van der Waals surface area contributed by atoms with Gasteiger partial charge in [-0.2, -0.15) is 5.10 Å². The van der Waals surface area contributed by atoms with E-state index in [1.165, 1.54) is 0 Å². The van der Waals surface area contributed by atoms with Gasteiger partial charge in [0.2, 0.25) is 0 Å². The van der Waals surface area contributed by atoms with E-state index in [-0.39, 0.29) is 11.9 Å². The maximum atomic E-state index is 13.0. The van der Waals surface area contributed by atoms with Gasteiger partial charge in [-0.1, -0.05) is 0 Å². The van der Waals surface area contributed by atoms with Gasteiger partial charge in [-0.15, -0.1) is 0 Å². The van der Waals surface area contributed by atoms with E-state index in [2.05, 4.69) is 10.2 Å². The maximum Gasteiger partial charge on any atom is 0.254 e. The Morgan fingerprint density at radius 2 is 1.83 bits per heavy atom. The zero-order valence-corrected chi connectivity index (χ0v) is 14.8. The molecule has 1 aromatic heterocycles. The van der Waals surface area contributed by atoms with Crippen LogP contribution in [0, 0.1) is 20.8 Å². The third-order valence-corrected chi connectivity index (χ3v) is 4.62. The summed E-state index contributed by atoms with van der Waals surface area (Å²) in [6.45, 7) is 8.88. The van der Waals surface area contributed by atoms with E-state index >= 15 is 0 Å². The fraction of sp³-hybridized carbons (Fsp3) is 0.444. The second kappa shape index (κ2) is 6.19. The molecular formula is C18H23N3O3. The minimum atomic E-state index is -0.0798. The maximum absolute atomic E-state index is 13.0. The highest BCUT2D eigenvalue weighted by atomic mass is 16.6. The van der Waals surface area contributed by atoms with Crippen LogP contribution in [0.5, 0.6) is 11.5 Å². The monoisotopic (exact) mass is 329 g/mol. The summed E-state index contributed by atoms with van der Waals surface area (Å²) in [4.78, 5) is 14.7. The molecular weight excluding hydrogens is 306 g/mol. The highest BCUT2D eigenvalue weighted by Crippen LogP contribution is 2.34. The van der Waals surface area contributed by atoms with Gasteiger partial charge in [0, 0.05) is 23.9 Å². The summed E-state index contributed by atoms with van der Waals surface area (Å²) in [7, 11) is 1.81. The zero-order valence-electron chi connectivity index (χ0n) is 14.8. The number of carbonyl (C=O) groups is 1. The minimum absolute atomic E-state index is 0.0445. The molecule has 3 rings (SSSR count). The van der Waals surface area contributed by atoms with Gasteiger partial charge >= 0.3 is 0 Å². The number of aryl methyl sites for hydroxylation is 3. The molecule has 0 spiro atoms. The summed E-state index contributed by atoms with van der Waals surface area (Å²) >= 11 is 0. The number of hydrogen-bond donors (Lipinski definition) is 1. The number of nitrogens with one attached hydrogen (secondary N) is 1. The molecule has 24 heavy (non-hydrogen) atoms. The van der Waals surface area contributed by atoms with Gasteiger partial charge < -0.3 is 14.4 Å². The Labute approximate surface area is 141 Å². The topological polar surface area (TPSA) is 67.5 Å². The van der Waals surface area contributed by atoms with Crippen LogP contribution < -0.4 is 9.47 Å². The molecule has 1 aliphatic heterocycles. The first-order valence-corrected chi connectivity index (χ1v) is 8.09. The fourth-order valence-electron chi connectivity index (χ4n) is 3.16. The van der Waals surface area contributed by atoms with Crippen molar-refractivity contribution < 1.29 is 14.3 Å². The summed E-state index contributed by atoms with van der Waals surface area (Å²) in [5, 5.41) is 7.21. The van der Waals surface area contributed by atoms with E-state index in [0.717, 1.165) is 22.5 Å². The number of aromatic nitrogens is 2. The molecule has 2 heterocycles. The fourth-order valence-corrected chi connectivity index (χ4v) is 3.16. The van der Waals surface area contributed by atoms with E-state index in [1.54, 1.807) is 11.0 Å². The van der Waals surface area contributed by atoms with Gasteiger partial charge in [0.15, 0.2) is 11.5 Å². The van der Waals surface area contributed by atoms with Crippen LogP contribution in [-0.2, 0) is 0 Å². The molecule has 0 saturated carbocycles. The van der Waals surface area contributed by atoms with Crippen molar-refractivity contribution in [1.82, 2.24) is 15.1 Å². The zero-order chi connectivity index (χ0) is 17.4. The molecule has 6 nitrogen and oxygen atoms in total. The van der Waals surface area contributed by atoms with Gasteiger partial charge in [-0.05, 0) is 45.4 Å². The van der Waals surface area contributed by atoms with E-state index in [4.69, 9.17) is 9.47 Å². The largest absolute Gasteiger partial charge is 0.486 e. The van der Waals surface area contributed by atoms with Crippen molar-refractivity contribution in [2.45, 2.75) is 33.7 Å². The first-order valence-electron chi connectivity index (χ1n) is 8.09. The SMILES string of the molecule is Cc1cc2c(cc1C(=O)N(C)[C@@H](C)c1c(C)n[nH]c1C)OCCO2.